The number of carboxylic acid groups (broad SMARTS) is 1. The van der Waals surface area contributed by atoms with Crippen molar-refractivity contribution in [2.75, 3.05) is 25.0 Å². The topological polar surface area (TPSA) is 108 Å². The number of likely N-dealkylation sites (tertiary alicyclic amines) is 1. The molecular formula is C31H42N2O6. The number of ether oxygens (including phenoxy) is 2. The van der Waals surface area contributed by atoms with Gasteiger partial charge in [0.05, 0.1) is 18.8 Å². The highest BCUT2D eigenvalue weighted by Crippen LogP contribution is 2.42. The van der Waals surface area contributed by atoms with Crippen LogP contribution in [0.15, 0.2) is 48.5 Å². The molecule has 0 saturated carbocycles. The molecule has 0 bridgehead atoms. The zero-order chi connectivity index (χ0) is 27.6. The zero-order valence-corrected chi connectivity index (χ0v) is 22.9. The molecule has 2 saturated heterocycles. The molecule has 4 atom stereocenters. The first-order valence-electron chi connectivity index (χ1n) is 14.3. The predicted octanol–water partition coefficient (Wildman–Crippen LogP) is 5.43. The van der Waals surface area contributed by atoms with E-state index in [2.05, 4.69) is 17.1 Å². The first-order chi connectivity index (χ1) is 18.9. The third kappa shape index (κ3) is 8.60. The van der Waals surface area contributed by atoms with Crippen LogP contribution in [0.4, 0.5) is 5.69 Å². The van der Waals surface area contributed by atoms with Crippen molar-refractivity contribution in [2.45, 2.75) is 83.4 Å². The van der Waals surface area contributed by atoms with E-state index in [4.69, 9.17) is 14.6 Å². The Morgan fingerprint density at radius 3 is 2.36 bits per heavy atom. The van der Waals surface area contributed by atoms with Crippen LogP contribution in [0.3, 0.4) is 0 Å². The Hall–Kier alpha value is -2.78. The van der Waals surface area contributed by atoms with Crippen LogP contribution in [-0.2, 0) is 25.7 Å². The molecule has 2 aliphatic heterocycles. The van der Waals surface area contributed by atoms with E-state index in [0.717, 1.165) is 36.3 Å². The number of amides is 1. The standard InChI is InChI=1S/C31H42N2O6/c1-22-27(20-33-17-5-3-2-4-6-18-33)38-31(39-30(22)24-15-13-23(21-34)14-16-24)25-9-7-10-26(19-25)32-28(35)11-8-12-29(36)37/h7,9-10,13-16,19,22,27,30-31,34H,2-6,8,11-12,17-18,20-21H2,1H3,(H,32,35)(H,36,37)/t22-,27+,30+,31+/m0/s1. The van der Waals surface area contributed by atoms with Gasteiger partial charge < -0.3 is 29.9 Å². The summed E-state index contributed by atoms with van der Waals surface area (Å²) in [7, 11) is 0. The lowest BCUT2D eigenvalue weighted by atomic mass is 9.89. The molecule has 0 unspecified atom stereocenters. The first-order valence-corrected chi connectivity index (χ1v) is 14.3. The van der Waals surface area contributed by atoms with E-state index in [1.165, 1.54) is 32.1 Å². The summed E-state index contributed by atoms with van der Waals surface area (Å²) in [5, 5.41) is 21.2. The van der Waals surface area contributed by atoms with Gasteiger partial charge in [0.1, 0.15) is 0 Å². The van der Waals surface area contributed by atoms with Crippen LogP contribution in [-0.4, -0.2) is 52.7 Å². The number of carbonyl (C=O) groups is 2. The van der Waals surface area contributed by atoms with Gasteiger partial charge in [0.15, 0.2) is 6.29 Å². The highest BCUT2D eigenvalue weighted by molar-refractivity contribution is 5.90. The Kier molecular flexibility index (Phi) is 10.9. The number of hydrogen-bond donors (Lipinski definition) is 3. The van der Waals surface area contributed by atoms with Crippen LogP contribution < -0.4 is 5.32 Å². The number of anilines is 1. The molecular weight excluding hydrogens is 496 g/mol. The summed E-state index contributed by atoms with van der Waals surface area (Å²) in [4.78, 5) is 25.6. The molecule has 2 fully saturated rings. The van der Waals surface area contributed by atoms with Crippen LogP contribution in [0.2, 0.25) is 0 Å². The van der Waals surface area contributed by atoms with Crippen LogP contribution in [0, 0.1) is 5.92 Å². The fourth-order valence-electron chi connectivity index (χ4n) is 5.46. The SMILES string of the molecule is C[C@H]1[C@@H](CN2CCCCCCC2)O[C@@H](c2cccc(NC(=O)CCCC(=O)O)c2)O[C@H]1c1ccc(CO)cc1. The minimum atomic E-state index is -0.906. The van der Waals surface area contributed by atoms with Crippen molar-refractivity contribution < 1.29 is 29.3 Å². The monoisotopic (exact) mass is 538 g/mol. The lowest BCUT2D eigenvalue weighted by Crippen LogP contribution is -2.45. The Morgan fingerprint density at radius 2 is 1.67 bits per heavy atom. The summed E-state index contributed by atoms with van der Waals surface area (Å²) in [6, 6.07) is 15.4. The molecule has 1 amide bonds. The minimum absolute atomic E-state index is 0.000498. The van der Waals surface area contributed by atoms with E-state index >= 15 is 0 Å². The summed E-state index contributed by atoms with van der Waals surface area (Å²) >= 11 is 0. The number of carboxylic acids is 1. The molecule has 4 rings (SSSR count). The van der Waals surface area contributed by atoms with Crippen LogP contribution in [0.25, 0.3) is 0 Å². The molecule has 39 heavy (non-hydrogen) atoms. The Morgan fingerprint density at radius 1 is 0.949 bits per heavy atom. The third-order valence-corrected chi connectivity index (χ3v) is 7.75. The van der Waals surface area contributed by atoms with Gasteiger partial charge in [-0.15, -0.1) is 0 Å². The van der Waals surface area contributed by atoms with E-state index in [9.17, 15) is 14.7 Å². The maximum absolute atomic E-state index is 12.3. The van der Waals surface area contributed by atoms with Gasteiger partial charge in [-0.25, -0.2) is 0 Å². The van der Waals surface area contributed by atoms with Crippen molar-refractivity contribution in [3.8, 4) is 0 Å². The lowest BCUT2D eigenvalue weighted by Gasteiger charge is -2.43. The van der Waals surface area contributed by atoms with Gasteiger partial charge in [-0.1, -0.05) is 62.6 Å². The van der Waals surface area contributed by atoms with E-state index in [-0.39, 0.29) is 43.5 Å². The molecule has 0 spiro atoms. The van der Waals surface area contributed by atoms with Crippen LogP contribution in [0.1, 0.15) is 87.4 Å². The highest BCUT2D eigenvalue weighted by Gasteiger charge is 2.39. The third-order valence-electron chi connectivity index (χ3n) is 7.75. The number of aliphatic hydroxyl groups excluding tert-OH is 1. The van der Waals surface area contributed by atoms with Gasteiger partial charge in [-0.05, 0) is 55.6 Å². The lowest BCUT2D eigenvalue weighted by molar-refractivity contribution is -0.276. The summed E-state index contributed by atoms with van der Waals surface area (Å²) in [6.07, 6.45) is 5.86. The molecule has 0 aliphatic carbocycles. The first kappa shape index (κ1) is 29.2. The van der Waals surface area contributed by atoms with Crippen molar-refractivity contribution >= 4 is 17.6 Å². The van der Waals surface area contributed by atoms with Crippen molar-refractivity contribution in [3.05, 3.63) is 65.2 Å². The van der Waals surface area contributed by atoms with Crippen molar-refractivity contribution in [3.63, 3.8) is 0 Å². The zero-order valence-electron chi connectivity index (χ0n) is 22.9. The van der Waals surface area contributed by atoms with Gasteiger partial charge >= 0.3 is 5.97 Å². The normalized spacial score (nSPS) is 24.5. The van der Waals surface area contributed by atoms with E-state index in [1.807, 2.05) is 48.5 Å². The van der Waals surface area contributed by atoms with Gasteiger partial charge in [-0.2, -0.15) is 0 Å². The molecule has 2 aromatic carbocycles. The summed E-state index contributed by atoms with van der Waals surface area (Å²) in [5.74, 6) is -1.01. The number of nitrogens with zero attached hydrogens (tertiary/aromatic N) is 1. The second kappa shape index (κ2) is 14.6. The van der Waals surface area contributed by atoms with E-state index in [0.29, 0.717) is 12.1 Å². The number of carbonyl (C=O) groups excluding carboxylic acids is 1. The number of rotatable bonds is 10. The molecule has 212 valence electrons. The Balaban J connectivity index is 1.52. The van der Waals surface area contributed by atoms with E-state index < -0.39 is 12.3 Å². The second-order valence-electron chi connectivity index (χ2n) is 10.8. The number of benzene rings is 2. The fourth-order valence-corrected chi connectivity index (χ4v) is 5.46. The molecule has 0 radical (unpaired) electrons. The molecule has 2 aliphatic rings. The predicted molar refractivity (Wildman–Crippen MR) is 149 cm³/mol. The molecule has 2 heterocycles. The molecule has 3 N–H and O–H groups in total. The van der Waals surface area contributed by atoms with Gasteiger partial charge in [-0.3, -0.25) is 9.59 Å². The average molecular weight is 539 g/mol. The van der Waals surface area contributed by atoms with Crippen molar-refractivity contribution in [2.24, 2.45) is 5.92 Å². The molecule has 2 aromatic rings. The number of aliphatic carboxylic acids is 1. The van der Waals surface area contributed by atoms with Crippen molar-refractivity contribution in [1.29, 1.82) is 0 Å². The van der Waals surface area contributed by atoms with Crippen LogP contribution >= 0.6 is 0 Å². The largest absolute Gasteiger partial charge is 0.481 e. The van der Waals surface area contributed by atoms with Crippen molar-refractivity contribution in [1.82, 2.24) is 4.90 Å². The average Bonchev–Trinajstić information content (AvgIpc) is 2.91. The molecule has 8 heteroatoms. The highest BCUT2D eigenvalue weighted by atomic mass is 16.7. The number of hydrogen-bond acceptors (Lipinski definition) is 6. The number of nitrogens with one attached hydrogen (secondary N) is 1. The Bertz CT molecular complexity index is 1070. The summed E-state index contributed by atoms with van der Waals surface area (Å²) < 4.78 is 13.2. The van der Waals surface area contributed by atoms with Crippen LogP contribution in [0.5, 0.6) is 0 Å². The fraction of sp³-hybridized carbons (Fsp3) is 0.548. The minimum Gasteiger partial charge on any atom is -0.481 e. The van der Waals surface area contributed by atoms with E-state index in [1.54, 1.807) is 0 Å². The Labute approximate surface area is 231 Å². The molecule has 0 aromatic heterocycles. The second-order valence-corrected chi connectivity index (χ2v) is 10.8. The van der Waals surface area contributed by atoms with Gasteiger partial charge in [0.2, 0.25) is 5.91 Å². The van der Waals surface area contributed by atoms with Gasteiger partial charge in [0.25, 0.3) is 0 Å². The summed E-state index contributed by atoms with van der Waals surface area (Å²) in [6.45, 7) is 5.18. The maximum Gasteiger partial charge on any atom is 0.303 e. The smallest absolute Gasteiger partial charge is 0.303 e. The molecule has 8 nitrogen and oxygen atoms in total. The number of aliphatic hydroxyl groups is 1. The quantitative estimate of drug-likeness (QED) is 0.370. The van der Waals surface area contributed by atoms with Gasteiger partial charge in [0, 0.05) is 36.6 Å². The maximum atomic E-state index is 12.3. The summed E-state index contributed by atoms with van der Waals surface area (Å²) in [5.41, 5.74) is 3.36.